The van der Waals surface area contributed by atoms with Crippen molar-refractivity contribution in [3.63, 3.8) is 0 Å². The van der Waals surface area contributed by atoms with E-state index < -0.39 is 0 Å². The summed E-state index contributed by atoms with van der Waals surface area (Å²) in [5, 5.41) is 0.406. The van der Waals surface area contributed by atoms with Crippen LogP contribution in [0.3, 0.4) is 0 Å². The lowest BCUT2D eigenvalue weighted by molar-refractivity contribution is -0.115. The molecule has 3 heteroatoms. The Morgan fingerprint density at radius 2 is 2.36 bits per heavy atom. The van der Waals surface area contributed by atoms with E-state index in [-0.39, 0.29) is 5.78 Å². The highest BCUT2D eigenvalue weighted by atomic mass is 79.9. The maximum absolute atomic E-state index is 10.9. The Kier molecular flexibility index (Phi) is 3.23. The fourth-order valence-electron chi connectivity index (χ4n) is 0.752. The lowest BCUT2D eigenvalue weighted by Gasteiger charge is -1.94. The highest BCUT2D eigenvalue weighted by Gasteiger charge is 2.00. The van der Waals surface area contributed by atoms with Crippen molar-refractivity contribution < 1.29 is 4.79 Å². The van der Waals surface area contributed by atoms with Crippen molar-refractivity contribution in [2.24, 2.45) is 0 Å². The van der Waals surface area contributed by atoms with Gasteiger partial charge < -0.3 is 0 Å². The van der Waals surface area contributed by atoms with Gasteiger partial charge in [0.25, 0.3) is 0 Å². The number of rotatable bonds is 3. The first-order chi connectivity index (χ1) is 5.33. The molecule has 1 aromatic heterocycles. The number of ketones is 1. The van der Waals surface area contributed by atoms with Crippen LogP contribution in [0.1, 0.15) is 5.69 Å². The van der Waals surface area contributed by atoms with Crippen molar-refractivity contribution in [1.29, 1.82) is 0 Å². The van der Waals surface area contributed by atoms with Gasteiger partial charge in [0.2, 0.25) is 0 Å². The minimum atomic E-state index is 0.156. The summed E-state index contributed by atoms with van der Waals surface area (Å²) in [5.74, 6) is 0.156. The second-order valence-corrected chi connectivity index (χ2v) is 2.73. The number of aromatic nitrogens is 1. The Morgan fingerprint density at radius 3 is 2.91 bits per heavy atom. The largest absolute Gasteiger partial charge is 0.298 e. The zero-order chi connectivity index (χ0) is 8.10. The van der Waals surface area contributed by atoms with Crippen LogP contribution in [-0.4, -0.2) is 16.1 Å². The first-order valence-electron chi connectivity index (χ1n) is 3.30. The van der Waals surface area contributed by atoms with E-state index in [1.807, 2.05) is 18.2 Å². The molecule has 1 heterocycles. The Bertz CT molecular complexity index is 235. The molecule has 0 saturated heterocycles. The van der Waals surface area contributed by atoms with Crippen molar-refractivity contribution >= 4 is 21.7 Å². The summed E-state index contributed by atoms with van der Waals surface area (Å²) in [6.07, 6.45) is 2.11. The molecular formula is C8H8BrNO. The van der Waals surface area contributed by atoms with Crippen LogP contribution in [0.2, 0.25) is 0 Å². The van der Waals surface area contributed by atoms with Gasteiger partial charge in [0.1, 0.15) is 5.78 Å². The molecular weight excluding hydrogens is 206 g/mol. The molecule has 0 aliphatic carbocycles. The lowest BCUT2D eigenvalue weighted by atomic mass is 10.2. The number of Topliss-reactive ketones (excluding diaryl/α,β-unsaturated/α-hetero) is 1. The standard InChI is InChI=1S/C8H8BrNO/c9-6-8(11)5-7-3-1-2-4-10-7/h1-4H,5-6H2. The van der Waals surface area contributed by atoms with Gasteiger partial charge in [0.15, 0.2) is 0 Å². The molecule has 1 rings (SSSR count). The van der Waals surface area contributed by atoms with E-state index in [1.165, 1.54) is 0 Å². The highest BCUT2D eigenvalue weighted by Crippen LogP contribution is 1.96. The average Bonchev–Trinajstić information content (AvgIpc) is 2.06. The summed E-state index contributed by atoms with van der Waals surface area (Å²) in [7, 11) is 0. The van der Waals surface area contributed by atoms with Gasteiger partial charge in [-0.15, -0.1) is 0 Å². The second-order valence-electron chi connectivity index (χ2n) is 2.17. The number of alkyl halides is 1. The summed E-state index contributed by atoms with van der Waals surface area (Å²) in [4.78, 5) is 14.9. The van der Waals surface area contributed by atoms with Gasteiger partial charge >= 0.3 is 0 Å². The predicted octanol–water partition coefficient (Wildman–Crippen LogP) is 1.59. The van der Waals surface area contributed by atoms with Crippen LogP contribution in [0.15, 0.2) is 24.4 Å². The molecule has 0 unspecified atom stereocenters. The lowest BCUT2D eigenvalue weighted by Crippen LogP contribution is -2.04. The molecule has 0 aromatic carbocycles. The van der Waals surface area contributed by atoms with Crippen LogP contribution in [0, 0.1) is 0 Å². The molecule has 0 saturated carbocycles. The maximum atomic E-state index is 10.9. The normalized spacial score (nSPS) is 9.55. The molecule has 58 valence electrons. The monoisotopic (exact) mass is 213 g/mol. The molecule has 0 fully saturated rings. The number of hydrogen-bond acceptors (Lipinski definition) is 2. The molecule has 0 bridgehead atoms. The quantitative estimate of drug-likeness (QED) is 0.715. The molecule has 11 heavy (non-hydrogen) atoms. The maximum Gasteiger partial charge on any atom is 0.149 e. The summed E-state index contributed by atoms with van der Waals surface area (Å²) in [5.41, 5.74) is 0.831. The fourth-order valence-corrected chi connectivity index (χ4v) is 0.950. The van der Waals surface area contributed by atoms with Crippen molar-refractivity contribution in [3.05, 3.63) is 30.1 Å². The molecule has 0 amide bonds. The minimum Gasteiger partial charge on any atom is -0.298 e. The Hall–Kier alpha value is -0.700. The first-order valence-corrected chi connectivity index (χ1v) is 4.42. The van der Waals surface area contributed by atoms with Crippen LogP contribution in [0.25, 0.3) is 0 Å². The van der Waals surface area contributed by atoms with Crippen LogP contribution in [-0.2, 0) is 11.2 Å². The summed E-state index contributed by atoms with van der Waals surface area (Å²) >= 11 is 3.09. The van der Waals surface area contributed by atoms with Gasteiger partial charge in [-0.05, 0) is 12.1 Å². The molecule has 0 N–H and O–H groups in total. The third-order valence-corrected chi connectivity index (χ3v) is 1.88. The van der Waals surface area contributed by atoms with Gasteiger partial charge in [-0.25, -0.2) is 0 Å². The van der Waals surface area contributed by atoms with Crippen molar-refractivity contribution in [1.82, 2.24) is 4.98 Å². The van der Waals surface area contributed by atoms with E-state index in [0.29, 0.717) is 11.8 Å². The number of carbonyl (C=O) groups excluding carboxylic acids is 1. The molecule has 2 nitrogen and oxygen atoms in total. The molecule has 0 atom stereocenters. The van der Waals surface area contributed by atoms with Gasteiger partial charge in [-0.3, -0.25) is 9.78 Å². The SMILES string of the molecule is O=C(CBr)Cc1ccccn1. The van der Waals surface area contributed by atoms with Crippen LogP contribution >= 0.6 is 15.9 Å². The molecule has 0 aliphatic rings. The minimum absolute atomic E-state index is 0.156. The highest BCUT2D eigenvalue weighted by molar-refractivity contribution is 9.09. The van der Waals surface area contributed by atoms with E-state index >= 15 is 0 Å². The van der Waals surface area contributed by atoms with Crippen LogP contribution < -0.4 is 0 Å². The third kappa shape index (κ3) is 2.80. The van der Waals surface area contributed by atoms with Gasteiger partial charge in [0.05, 0.1) is 5.33 Å². The number of carbonyl (C=O) groups is 1. The molecule has 0 aliphatic heterocycles. The van der Waals surface area contributed by atoms with Gasteiger partial charge in [-0.2, -0.15) is 0 Å². The number of pyridine rings is 1. The van der Waals surface area contributed by atoms with Crippen LogP contribution in [0.4, 0.5) is 0 Å². The van der Waals surface area contributed by atoms with E-state index in [9.17, 15) is 4.79 Å². The molecule has 1 aromatic rings. The predicted molar refractivity (Wildman–Crippen MR) is 46.7 cm³/mol. The van der Waals surface area contributed by atoms with Crippen molar-refractivity contribution in [2.45, 2.75) is 6.42 Å². The van der Waals surface area contributed by atoms with E-state index in [4.69, 9.17) is 0 Å². The Labute approximate surface area is 73.8 Å². The fraction of sp³-hybridized carbons (Fsp3) is 0.250. The van der Waals surface area contributed by atoms with Gasteiger partial charge in [-0.1, -0.05) is 22.0 Å². The van der Waals surface area contributed by atoms with E-state index in [2.05, 4.69) is 20.9 Å². The molecule has 0 spiro atoms. The first kappa shape index (κ1) is 8.40. The second kappa shape index (κ2) is 4.23. The smallest absolute Gasteiger partial charge is 0.149 e. The number of halogens is 1. The van der Waals surface area contributed by atoms with Crippen molar-refractivity contribution in [2.75, 3.05) is 5.33 Å². The van der Waals surface area contributed by atoms with Crippen LogP contribution in [0.5, 0.6) is 0 Å². The zero-order valence-corrected chi connectivity index (χ0v) is 7.54. The zero-order valence-electron chi connectivity index (χ0n) is 5.96. The van der Waals surface area contributed by atoms with Gasteiger partial charge in [0, 0.05) is 18.3 Å². The van der Waals surface area contributed by atoms with Crippen molar-refractivity contribution in [3.8, 4) is 0 Å². The number of hydrogen-bond donors (Lipinski definition) is 0. The van der Waals surface area contributed by atoms with E-state index in [0.717, 1.165) is 5.69 Å². The Balaban J connectivity index is 2.58. The topological polar surface area (TPSA) is 30.0 Å². The third-order valence-electron chi connectivity index (χ3n) is 1.25. The summed E-state index contributed by atoms with van der Waals surface area (Å²) < 4.78 is 0. The Morgan fingerprint density at radius 1 is 1.55 bits per heavy atom. The average molecular weight is 214 g/mol. The summed E-state index contributed by atoms with van der Waals surface area (Å²) in [6, 6.07) is 5.56. The molecule has 0 radical (unpaired) electrons. The summed E-state index contributed by atoms with van der Waals surface area (Å²) in [6.45, 7) is 0. The van der Waals surface area contributed by atoms with E-state index in [1.54, 1.807) is 6.20 Å². The number of nitrogens with zero attached hydrogens (tertiary/aromatic N) is 1.